The van der Waals surface area contributed by atoms with E-state index >= 15 is 0 Å². The monoisotopic (exact) mass is 226 g/mol. The van der Waals surface area contributed by atoms with E-state index in [-0.39, 0.29) is 11.5 Å². The Bertz CT molecular complexity index is 738. The van der Waals surface area contributed by atoms with Crippen molar-refractivity contribution in [3.63, 3.8) is 0 Å². The van der Waals surface area contributed by atoms with Crippen LogP contribution in [0.2, 0.25) is 0 Å². The summed E-state index contributed by atoms with van der Waals surface area (Å²) in [7, 11) is 0. The molecule has 0 atom stereocenters. The molecule has 0 saturated heterocycles. The second-order valence-corrected chi connectivity index (χ2v) is 4.02. The van der Waals surface area contributed by atoms with Crippen LogP contribution >= 0.6 is 0 Å². The van der Waals surface area contributed by atoms with Crippen LogP contribution in [-0.2, 0) is 0 Å². The van der Waals surface area contributed by atoms with Crippen LogP contribution in [-0.4, -0.2) is 10.9 Å². The summed E-state index contributed by atoms with van der Waals surface area (Å²) in [5.41, 5.74) is 1.67. The minimum Gasteiger partial charge on any atom is -0.507 e. The number of phenols is 1. The van der Waals surface area contributed by atoms with Crippen molar-refractivity contribution in [3.8, 4) is 5.75 Å². The second-order valence-electron chi connectivity index (χ2n) is 4.02. The quantitative estimate of drug-likeness (QED) is 0.646. The van der Waals surface area contributed by atoms with Gasteiger partial charge < -0.3 is 9.52 Å². The van der Waals surface area contributed by atoms with Gasteiger partial charge in [0.15, 0.2) is 5.78 Å². The Hall–Kier alpha value is -2.29. The molecule has 1 aromatic heterocycles. The van der Waals surface area contributed by atoms with E-state index in [0.29, 0.717) is 11.1 Å². The van der Waals surface area contributed by atoms with E-state index in [1.165, 1.54) is 13.0 Å². The van der Waals surface area contributed by atoms with Crippen molar-refractivity contribution >= 4 is 27.7 Å². The van der Waals surface area contributed by atoms with Gasteiger partial charge >= 0.3 is 0 Å². The van der Waals surface area contributed by atoms with Crippen LogP contribution < -0.4 is 0 Å². The lowest BCUT2D eigenvalue weighted by Crippen LogP contribution is -1.91. The standard InChI is InChI=1S/C14H10O3/c1-8(15)10-6-11-9-4-2-3-5-13(9)17-14(11)7-12(10)16/h2-7,16H,1H3. The molecule has 0 aliphatic rings. The average molecular weight is 226 g/mol. The maximum atomic E-state index is 11.4. The van der Waals surface area contributed by atoms with Gasteiger partial charge in [0.05, 0.1) is 5.56 Å². The first-order chi connectivity index (χ1) is 8.16. The van der Waals surface area contributed by atoms with Gasteiger partial charge in [-0.15, -0.1) is 0 Å². The predicted molar refractivity (Wildman–Crippen MR) is 65.4 cm³/mol. The van der Waals surface area contributed by atoms with Crippen molar-refractivity contribution in [2.45, 2.75) is 6.92 Å². The molecule has 3 heteroatoms. The largest absolute Gasteiger partial charge is 0.507 e. The van der Waals surface area contributed by atoms with E-state index in [2.05, 4.69) is 0 Å². The van der Waals surface area contributed by atoms with Crippen LogP contribution in [0.4, 0.5) is 0 Å². The number of rotatable bonds is 1. The van der Waals surface area contributed by atoms with Gasteiger partial charge in [0.25, 0.3) is 0 Å². The number of Topliss-reactive ketones (excluding diaryl/α,β-unsaturated/α-hetero) is 1. The van der Waals surface area contributed by atoms with Crippen molar-refractivity contribution in [3.05, 3.63) is 42.0 Å². The topological polar surface area (TPSA) is 50.4 Å². The molecule has 3 nitrogen and oxygen atoms in total. The zero-order valence-corrected chi connectivity index (χ0v) is 9.23. The molecule has 3 rings (SSSR count). The Morgan fingerprint density at radius 2 is 1.88 bits per heavy atom. The smallest absolute Gasteiger partial charge is 0.163 e. The Labute approximate surface area is 97.3 Å². The molecule has 1 N–H and O–H groups in total. The number of para-hydroxylation sites is 1. The van der Waals surface area contributed by atoms with Gasteiger partial charge in [-0.1, -0.05) is 18.2 Å². The molecule has 0 aliphatic carbocycles. The Morgan fingerprint density at radius 1 is 1.12 bits per heavy atom. The van der Waals surface area contributed by atoms with Crippen LogP contribution in [0.3, 0.4) is 0 Å². The number of aromatic hydroxyl groups is 1. The molecule has 0 saturated carbocycles. The third kappa shape index (κ3) is 1.40. The summed E-state index contributed by atoms with van der Waals surface area (Å²) < 4.78 is 5.60. The van der Waals surface area contributed by atoms with E-state index in [4.69, 9.17) is 4.42 Å². The zero-order valence-electron chi connectivity index (χ0n) is 9.23. The van der Waals surface area contributed by atoms with E-state index in [1.807, 2.05) is 24.3 Å². The highest BCUT2D eigenvalue weighted by Crippen LogP contribution is 2.33. The van der Waals surface area contributed by atoms with Crippen molar-refractivity contribution in [1.82, 2.24) is 0 Å². The Kier molecular flexibility index (Phi) is 1.95. The van der Waals surface area contributed by atoms with Crippen LogP contribution in [0.5, 0.6) is 5.75 Å². The fourth-order valence-electron chi connectivity index (χ4n) is 2.04. The average Bonchev–Trinajstić information content (AvgIpc) is 2.64. The highest BCUT2D eigenvalue weighted by Gasteiger charge is 2.13. The lowest BCUT2D eigenvalue weighted by molar-refractivity contribution is 0.101. The third-order valence-corrected chi connectivity index (χ3v) is 2.87. The number of hydrogen-bond donors (Lipinski definition) is 1. The molecule has 1 heterocycles. The molecular weight excluding hydrogens is 216 g/mol. The third-order valence-electron chi connectivity index (χ3n) is 2.87. The molecule has 0 bridgehead atoms. The molecule has 0 aliphatic heterocycles. The van der Waals surface area contributed by atoms with Gasteiger partial charge in [0.1, 0.15) is 16.9 Å². The summed E-state index contributed by atoms with van der Waals surface area (Å²) >= 11 is 0. The number of phenolic OH excluding ortho intramolecular Hbond substituents is 1. The van der Waals surface area contributed by atoms with Gasteiger partial charge in [0, 0.05) is 16.8 Å². The minimum absolute atomic E-state index is 0.0379. The first-order valence-corrected chi connectivity index (χ1v) is 5.32. The normalized spacial score (nSPS) is 11.1. The number of fused-ring (bicyclic) bond motifs is 3. The van der Waals surface area contributed by atoms with Gasteiger partial charge in [-0.05, 0) is 19.1 Å². The molecule has 2 aromatic carbocycles. The van der Waals surface area contributed by atoms with Gasteiger partial charge in [0.2, 0.25) is 0 Å². The molecule has 0 radical (unpaired) electrons. The van der Waals surface area contributed by atoms with Crippen LogP contribution in [0.25, 0.3) is 21.9 Å². The molecule has 0 amide bonds. The van der Waals surface area contributed by atoms with Crippen LogP contribution in [0, 0.1) is 0 Å². The lowest BCUT2D eigenvalue weighted by Gasteiger charge is -1.99. The molecule has 0 fully saturated rings. The number of carbonyl (C=O) groups excluding carboxylic acids is 1. The number of carbonyl (C=O) groups is 1. The van der Waals surface area contributed by atoms with Crippen LogP contribution in [0.15, 0.2) is 40.8 Å². The SMILES string of the molecule is CC(=O)c1cc2c(cc1O)oc1ccccc12. The summed E-state index contributed by atoms with van der Waals surface area (Å²) in [5.74, 6) is -0.196. The number of furan rings is 1. The van der Waals surface area contributed by atoms with Crippen molar-refractivity contribution < 1.29 is 14.3 Å². The van der Waals surface area contributed by atoms with E-state index < -0.39 is 0 Å². The Morgan fingerprint density at radius 3 is 2.65 bits per heavy atom. The lowest BCUT2D eigenvalue weighted by atomic mass is 10.1. The maximum Gasteiger partial charge on any atom is 0.163 e. The van der Waals surface area contributed by atoms with E-state index in [9.17, 15) is 9.90 Å². The molecule has 17 heavy (non-hydrogen) atoms. The van der Waals surface area contributed by atoms with E-state index in [1.54, 1.807) is 6.07 Å². The summed E-state index contributed by atoms with van der Waals surface area (Å²) in [5, 5.41) is 11.5. The van der Waals surface area contributed by atoms with Gasteiger partial charge in [-0.25, -0.2) is 0 Å². The zero-order chi connectivity index (χ0) is 12.0. The highest BCUT2D eigenvalue weighted by atomic mass is 16.3. The van der Waals surface area contributed by atoms with Crippen molar-refractivity contribution in [1.29, 1.82) is 0 Å². The summed E-state index contributed by atoms with van der Waals surface area (Å²) in [6.07, 6.45) is 0. The number of hydrogen-bond acceptors (Lipinski definition) is 3. The van der Waals surface area contributed by atoms with Gasteiger partial charge in [-0.3, -0.25) is 4.79 Å². The van der Waals surface area contributed by atoms with E-state index in [0.717, 1.165) is 16.4 Å². The fourth-order valence-corrected chi connectivity index (χ4v) is 2.04. The molecule has 0 unspecified atom stereocenters. The first kappa shape index (κ1) is 9.90. The molecule has 84 valence electrons. The minimum atomic E-state index is -0.158. The maximum absolute atomic E-state index is 11.4. The fraction of sp³-hybridized carbons (Fsp3) is 0.0714. The molecule has 0 spiro atoms. The summed E-state index contributed by atoms with van der Waals surface area (Å²) in [4.78, 5) is 11.4. The predicted octanol–water partition coefficient (Wildman–Crippen LogP) is 3.49. The van der Waals surface area contributed by atoms with Crippen molar-refractivity contribution in [2.75, 3.05) is 0 Å². The van der Waals surface area contributed by atoms with Gasteiger partial charge in [-0.2, -0.15) is 0 Å². The Balaban J connectivity index is 2.47. The summed E-state index contributed by atoms with van der Waals surface area (Å²) in [6, 6.07) is 10.8. The number of benzene rings is 2. The second kappa shape index (κ2) is 3.35. The number of ketones is 1. The highest BCUT2D eigenvalue weighted by molar-refractivity contribution is 6.09. The van der Waals surface area contributed by atoms with Crippen LogP contribution in [0.1, 0.15) is 17.3 Å². The molecular formula is C14H10O3. The first-order valence-electron chi connectivity index (χ1n) is 5.32. The summed E-state index contributed by atoms with van der Waals surface area (Å²) in [6.45, 7) is 1.43. The van der Waals surface area contributed by atoms with Crippen molar-refractivity contribution in [2.24, 2.45) is 0 Å². The molecule has 3 aromatic rings.